The van der Waals surface area contributed by atoms with E-state index in [9.17, 15) is 18.0 Å². The van der Waals surface area contributed by atoms with Gasteiger partial charge in [0.1, 0.15) is 5.69 Å². The molecule has 32 heavy (non-hydrogen) atoms. The van der Waals surface area contributed by atoms with Crippen LogP contribution >= 0.6 is 0 Å². The van der Waals surface area contributed by atoms with Crippen LogP contribution in [-0.4, -0.2) is 33.0 Å². The van der Waals surface area contributed by atoms with Gasteiger partial charge in [0.25, 0.3) is 0 Å². The number of aromatic nitrogens is 3. The second kappa shape index (κ2) is 8.70. The summed E-state index contributed by atoms with van der Waals surface area (Å²) in [4.78, 5) is 16.4. The number of carbonyl (C=O) groups excluding carboxylic acids is 1. The maximum absolute atomic E-state index is 12.7. The number of carbonyl (C=O) groups is 1. The Balaban J connectivity index is 1.47. The van der Waals surface area contributed by atoms with Crippen LogP contribution in [0.25, 0.3) is 22.4 Å². The number of allylic oxidation sites excluding steroid dienone is 2. The van der Waals surface area contributed by atoms with Gasteiger partial charge in [-0.2, -0.15) is 18.3 Å². The van der Waals surface area contributed by atoms with Crippen LogP contribution in [-0.2, 0) is 7.05 Å². The number of nitrogens with one attached hydrogen (secondary N) is 2. The van der Waals surface area contributed by atoms with Crippen molar-refractivity contribution in [2.75, 3.05) is 5.32 Å². The van der Waals surface area contributed by atoms with Gasteiger partial charge in [-0.3, -0.25) is 9.67 Å². The maximum atomic E-state index is 12.7. The predicted octanol–water partition coefficient (Wildman–Crippen LogP) is 5.09. The van der Waals surface area contributed by atoms with Crippen molar-refractivity contribution in [3.05, 3.63) is 78.8 Å². The van der Waals surface area contributed by atoms with Gasteiger partial charge in [-0.25, -0.2) is 4.79 Å². The molecule has 1 aliphatic rings. The Morgan fingerprint density at radius 1 is 1.16 bits per heavy atom. The molecule has 2 amide bonds. The van der Waals surface area contributed by atoms with Gasteiger partial charge >= 0.3 is 12.2 Å². The first-order valence-electron chi connectivity index (χ1n) is 9.87. The molecule has 2 N–H and O–H groups in total. The van der Waals surface area contributed by atoms with E-state index in [0.29, 0.717) is 5.69 Å². The lowest BCUT2D eigenvalue weighted by Gasteiger charge is -2.19. The van der Waals surface area contributed by atoms with Gasteiger partial charge in [0.15, 0.2) is 0 Å². The predicted molar refractivity (Wildman–Crippen MR) is 116 cm³/mol. The second-order valence-corrected chi connectivity index (χ2v) is 7.34. The van der Waals surface area contributed by atoms with Crippen molar-refractivity contribution >= 4 is 11.7 Å². The normalized spacial score (nSPS) is 15.9. The molecular weight excluding hydrogens is 419 g/mol. The molecule has 2 heterocycles. The van der Waals surface area contributed by atoms with Crippen LogP contribution in [0.15, 0.2) is 78.8 Å². The summed E-state index contributed by atoms with van der Waals surface area (Å²) in [5.41, 5.74) is 3.31. The van der Waals surface area contributed by atoms with Gasteiger partial charge in [0, 0.05) is 42.5 Å². The lowest BCUT2D eigenvalue weighted by Crippen LogP contribution is -2.37. The molecule has 1 atom stereocenters. The van der Waals surface area contributed by atoms with Crippen LogP contribution in [0.5, 0.6) is 0 Å². The minimum Gasteiger partial charge on any atom is -0.331 e. The summed E-state index contributed by atoms with van der Waals surface area (Å²) in [6, 6.07) is 10.0. The van der Waals surface area contributed by atoms with Crippen LogP contribution in [0, 0.1) is 0 Å². The third-order valence-corrected chi connectivity index (χ3v) is 4.96. The fourth-order valence-corrected chi connectivity index (χ4v) is 3.46. The first-order valence-corrected chi connectivity index (χ1v) is 9.87. The Morgan fingerprint density at radius 3 is 2.62 bits per heavy atom. The number of anilines is 1. The fraction of sp³-hybridized carbons (Fsp3) is 0.174. The Labute approximate surface area is 182 Å². The quantitative estimate of drug-likeness (QED) is 0.595. The number of hydrogen-bond acceptors (Lipinski definition) is 3. The van der Waals surface area contributed by atoms with Gasteiger partial charge in [0.05, 0.1) is 11.6 Å². The minimum absolute atomic E-state index is 0.0732. The average molecular weight is 439 g/mol. The smallest absolute Gasteiger partial charge is 0.331 e. The molecule has 0 spiro atoms. The number of urea groups is 1. The summed E-state index contributed by atoms with van der Waals surface area (Å²) in [7, 11) is 1.83. The number of aryl methyl sites for hydroxylation is 1. The van der Waals surface area contributed by atoms with E-state index in [1.807, 2.05) is 43.6 Å². The van der Waals surface area contributed by atoms with E-state index in [-0.39, 0.29) is 6.42 Å². The maximum Gasteiger partial charge on any atom is 0.416 e. The van der Waals surface area contributed by atoms with Crippen LogP contribution in [0.3, 0.4) is 0 Å². The van der Waals surface area contributed by atoms with Crippen LogP contribution in [0.2, 0.25) is 0 Å². The molecule has 164 valence electrons. The molecule has 1 aliphatic carbocycles. The van der Waals surface area contributed by atoms with Gasteiger partial charge in [-0.05, 0) is 36.2 Å². The molecule has 4 rings (SSSR count). The summed E-state index contributed by atoms with van der Waals surface area (Å²) in [6.45, 7) is 0. The van der Waals surface area contributed by atoms with E-state index in [1.165, 1.54) is 6.08 Å². The van der Waals surface area contributed by atoms with E-state index in [4.69, 9.17) is 0 Å². The molecule has 2 aromatic heterocycles. The Bertz CT molecular complexity index is 1180. The van der Waals surface area contributed by atoms with Crippen LogP contribution < -0.4 is 10.6 Å². The van der Waals surface area contributed by atoms with E-state index in [0.717, 1.165) is 34.5 Å². The Morgan fingerprint density at radius 2 is 1.94 bits per heavy atom. The number of pyridine rings is 1. The SMILES string of the molecule is Cn1cc(-c2cccc(NC(=O)NC3C=CC(C(F)(F)F)=CC3)c2)c(-c2ccncc2)n1. The zero-order chi connectivity index (χ0) is 22.7. The number of halogens is 3. The molecule has 0 saturated carbocycles. The Hall–Kier alpha value is -3.88. The second-order valence-electron chi connectivity index (χ2n) is 7.34. The zero-order valence-electron chi connectivity index (χ0n) is 17.1. The van der Waals surface area contributed by atoms with Gasteiger partial charge in [0.2, 0.25) is 0 Å². The highest BCUT2D eigenvalue weighted by Gasteiger charge is 2.33. The number of rotatable bonds is 4. The van der Waals surface area contributed by atoms with E-state index < -0.39 is 23.8 Å². The third kappa shape index (κ3) is 4.88. The average Bonchev–Trinajstić information content (AvgIpc) is 3.16. The van der Waals surface area contributed by atoms with Crippen LogP contribution in [0.1, 0.15) is 6.42 Å². The molecule has 0 saturated heterocycles. The van der Waals surface area contributed by atoms with Crippen molar-refractivity contribution < 1.29 is 18.0 Å². The van der Waals surface area contributed by atoms with Gasteiger partial charge in [-0.15, -0.1) is 0 Å². The summed E-state index contributed by atoms with van der Waals surface area (Å²) in [6.07, 6.45) is 4.38. The third-order valence-electron chi connectivity index (χ3n) is 4.96. The van der Waals surface area contributed by atoms with Crippen molar-refractivity contribution in [1.82, 2.24) is 20.1 Å². The van der Waals surface area contributed by atoms with Crippen molar-refractivity contribution in [3.8, 4) is 22.4 Å². The molecular formula is C23H20F3N5O. The highest BCUT2D eigenvalue weighted by atomic mass is 19.4. The Kier molecular flexibility index (Phi) is 5.81. The number of benzene rings is 1. The lowest BCUT2D eigenvalue weighted by atomic mass is 10.0. The first-order chi connectivity index (χ1) is 15.3. The topological polar surface area (TPSA) is 71.8 Å². The highest BCUT2D eigenvalue weighted by molar-refractivity contribution is 5.91. The molecule has 1 aromatic carbocycles. The lowest BCUT2D eigenvalue weighted by molar-refractivity contribution is -0.0886. The number of amides is 2. The first kappa shape index (κ1) is 21.4. The molecule has 9 heteroatoms. The number of alkyl halides is 3. The van der Waals surface area contributed by atoms with Gasteiger partial charge < -0.3 is 10.6 Å². The van der Waals surface area contributed by atoms with Crippen molar-refractivity contribution in [3.63, 3.8) is 0 Å². The standard InChI is InChI=1S/C23H20F3N5O/c1-31-14-20(21(30-31)15-9-11-27-12-10-15)16-3-2-4-19(13-16)29-22(32)28-18-7-5-17(6-8-18)23(24,25)26/h2-7,9-14,18H,8H2,1H3,(H2,28,29,32). The van der Waals surface area contributed by atoms with Crippen LogP contribution in [0.4, 0.5) is 23.7 Å². The summed E-state index contributed by atoms with van der Waals surface area (Å²) in [5.74, 6) is 0. The molecule has 0 radical (unpaired) electrons. The molecule has 0 bridgehead atoms. The van der Waals surface area contributed by atoms with Crippen molar-refractivity contribution in [2.24, 2.45) is 7.05 Å². The summed E-state index contributed by atoms with van der Waals surface area (Å²) in [5, 5.41) is 9.96. The minimum atomic E-state index is -4.38. The fourth-order valence-electron chi connectivity index (χ4n) is 3.46. The van der Waals surface area contributed by atoms with Gasteiger partial charge in [-0.1, -0.05) is 30.4 Å². The van der Waals surface area contributed by atoms with Crippen molar-refractivity contribution in [2.45, 2.75) is 18.6 Å². The molecule has 0 fully saturated rings. The number of nitrogens with zero attached hydrogens (tertiary/aromatic N) is 3. The summed E-state index contributed by atoms with van der Waals surface area (Å²) >= 11 is 0. The molecule has 1 unspecified atom stereocenters. The monoisotopic (exact) mass is 439 g/mol. The van der Waals surface area contributed by atoms with E-state index in [2.05, 4.69) is 20.7 Å². The van der Waals surface area contributed by atoms with E-state index in [1.54, 1.807) is 23.1 Å². The van der Waals surface area contributed by atoms with Crippen molar-refractivity contribution in [1.29, 1.82) is 0 Å². The highest BCUT2D eigenvalue weighted by Crippen LogP contribution is 2.32. The van der Waals surface area contributed by atoms with E-state index >= 15 is 0 Å². The number of hydrogen-bond donors (Lipinski definition) is 2. The molecule has 6 nitrogen and oxygen atoms in total. The largest absolute Gasteiger partial charge is 0.416 e. The zero-order valence-corrected chi connectivity index (χ0v) is 17.1. The summed E-state index contributed by atoms with van der Waals surface area (Å²) < 4.78 is 39.8. The molecule has 3 aromatic rings. The molecule has 0 aliphatic heterocycles.